The van der Waals surface area contributed by atoms with Crippen molar-refractivity contribution >= 4 is 20.7 Å². The van der Waals surface area contributed by atoms with E-state index < -0.39 is 15.1 Å². The first-order chi connectivity index (χ1) is 14.1. The lowest BCUT2D eigenvalue weighted by molar-refractivity contribution is 0.513. The highest BCUT2D eigenvalue weighted by molar-refractivity contribution is 7.91. The molecule has 4 aromatic rings. The molecule has 2 heterocycles. The molecule has 0 aliphatic carbocycles. The molecule has 3 nitrogen and oxygen atoms in total. The first kappa shape index (κ1) is 18.2. The van der Waals surface area contributed by atoms with Crippen molar-refractivity contribution in [1.82, 2.24) is 4.98 Å². The quantitative estimate of drug-likeness (QED) is 0.467. The second-order valence-electron chi connectivity index (χ2n) is 7.86. The van der Waals surface area contributed by atoms with Crippen LogP contribution in [0.4, 0.5) is 0 Å². The molecular weight excluding hydrogens is 378 g/mol. The number of sulfone groups is 1. The molecule has 2 atom stereocenters. The van der Waals surface area contributed by atoms with Gasteiger partial charge in [-0.3, -0.25) is 0 Å². The Morgan fingerprint density at radius 3 is 2.31 bits per heavy atom. The zero-order valence-electron chi connectivity index (χ0n) is 16.1. The van der Waals surface area contributed by atoms with E-state index in [2.05, 4.69) is 41.5 Å². The van der Waals surface area contributed by atoms with Crippen LogP contribution in [0.1, 0.15) is 35.1 Å². The van der Waals surface area contributed by atoms with Crippen molar-refractivity contribution in [2.75, 3.05) is 5.75 Å². The number of fused-ring (bicyclic) bond motifs is 1. The molecule has 0 amide bonds. The number of nitrogens with one attached hydrogen (secondary N) is 1. The van der Waals surface area contributed by atoms with Gasteiger partial charge < -0.3 is 4.98 Å². The van der Waals surface area contributed by atoms with Gasteiger partial charge in [0, 0.05) is 17.1 Å². The van der Waals surface area contributed by atoms with Crippen LogP contribution >= 0.6 is 0 Å². The Bertz CT molecular complexity index is 1240. The van der Waals surface area contributed by atoms with Crippen LogP contribution in [0.15, 0.2) is 85.1 Å². The predicted molar refractivity (Wildman–Crippen MR) is 119 cm³/mol. The van der Waals surface area contributed by atoms with E-state index >= 15 is 0 Å². The molecule has 0 bridgehead atoms. The minimum atomic E-state index is -3.12. The molecule has 0 saturated carbocycles. The van der Waals surface area contributed by atoms with E-state index in [1.165, 1.54) is 22.1 Å². The summed E-state index contributed by atoms with van der Waals surface area (Å²) in [7, 11) is -3.12. The summed E-state index contributed by atoms with van der Waals surface area (Å²) >= 11 is 0. The lowest BCUT2D eigenvalue weighted by Gasteiger charge is -2.29. The average molecular weight is 402 g/mol. The SMILES string of the molecule is O=S1(=O)CC[C@H](c2c[nH]c3ccc(-c4ccccc4)cc23)C[C@@H]1c1ccccc1. The molecule has 5 rings (SSSR count). The summed E-state index contributed by atoms with van der Waals surface area (Å²) in [6, 6.07) is 26.5. The third-order valence-corrected chi connectivity index (χ3v) is 8.25. The van der Waals surface area contributed by atoms with Crippen molar-refractivity contribution in [1.29, 1.82) is 0 Å². The second-order valence-corrected chi connectivity index (χ2v) is 10.2. The number of hydrogen-bond acceptors (Lipinski definition) is 2. The molecule has 4 heteroatoms. The van der Waals surface area contributed by atoms with Crippen LogP contribution in [0.3, 0.4) is 0 Å². The van der Waals surface area contributed by atoms with E-state index in [0.29, 0.717) is 12.8 Å². The van der Waals surface area contributed by atoms with Gasteiger partial charge in [-0.15, -0.1) is 0 Å². The number of benzene rings is 3. The van der Waals surface area contributed by atoms with E-state index in [1.807, 2.05) is 48.5 Å². The molecule has 1 aromatic heterocycles. The molecule has 29 heavy (non-hydrogen) atoms. The van der Waals surface area contributed by atoms with Crippen molar-refractivity contribution in [3.63, 3.8) is 0 Å². The molecule has 1 aliphatic rings. The highest BCUT2D eigenvalue weighted by Gasteiger charge is 2.36. The van der Waals surface area contributed by atoms with Gasteiger partial charge in [-0.2, -0.15) is 0 Å². The molecule has 1 fully saturated rings. The van der Waals surface area contributed by atoms with E-state index in [1.54, 1.807) is 0 Å². The minimum absolute atomic E-state index is 0.225. The molecule has 1 N–H and O–H groups in total. The Balaban J connectivity index is 1.54. The van der Waals surface area contributed by atoms with Gasteiger partial charge in [-0.25, -0.2) is 8.42 Å². The first-order valence-corrected chi connectivity index (χ1v) is 11.8. The zero-order valence-corrected chi connectivity index (χ0v) is 16.9. The first-order valence-electron chi connectivity index (χ1n) is 10.0. The van der Waals surface area contributed by atoms with Crippen LogP contribution < -0.4 is 0 Å². The Morgan fingerprint density at radius 1 is 0.828 bits per heavy atom. The molecular formula is C25H23NO2S. The van der Waals surface area contributed by atoms with Crippen LogP contribution in [0.2, 0.25) is 0 Å². The highest BCUT2D eigenvalue weighted by Crippen LogP contribution is 2.43. The number of aromatic amines is 1. The smallest absolute Gasteiger partial charge is 0.157 e. The number of rotatable bonds is 3. The van der Waals surface area contributed by atoms with Crippen molar-refractivity contribution in [3.05, 3.63) is 96.2 Å². The molecule has 0 spiro atoms. The Labute approximate surface area is 171 Å². The number of hydrogen-bond donors (Lipinski definition) is 1. The van der Waals surface area contributed by atoms with Gasteiger partial charge in [0.15, 0.2) is 9.84 Å². The monoisotopic (exact) mass is 401 g/mol. The minimum Gasteiger partial charge on any atom is -0.361 e. The van der Waals surface area contributed by atoms with Gasteiger partial charge in [0.2, 0.25) is 0 Å². The van der Waals surface area contributed by atoms with E-state index in [-0.39, 0.29) is 11.7 Å². The average Bonchev–Trinajstić information content (AvgIpc) is 3.18. The Kier molecular flexibility index (Phi) is 4.51. The lowest BCUT2D eigenvalue weighted by Crippen LogP contribution is -2.26. The molecule has 0 unspecified atom stereocenters. The summed E-state index contributed by atoms with van der Waals surface area (Å²) in [5.74, 6) is 0.464. The standard InChI is InChI=1S/C25H23NO2S/c27-29(28)14-13-21(16-25(29)19-9-5-2-6-10-19)23-17-26-24-12-11-20(15-22(23)24)18-7-3-1-4-8-18/h1-12,15,17,21,25-26H,13-14,16H2/t21-,25+/m0/s1. The van der Waals surface area contributed by atoms with E-state index in [0.717, 1.165) is 11.1 Å². The van der Waals surface area contributed by atoms with Gasteiger partial charge in [0.1, 0.15) is 0 Å². The maximum atomic E-state index is 12.8. The lowest BCUT2D eigenvalue weighted by atomic mass is 9.88. The Hall–Kier alpha value is -2.85. The van der Waals surface area contributed by atoms with Crippen LogP contribution in [0, 0.1) is 0 Å². The van der Waals surface area contributed by atoms with Gasteiger partial charge in [0.25, 0.3) is 0 Å². The van der Waals surface area contributed by atoms with E-state index in [4.69, 9.17) is 0 Å². The summed E-state index contributed by atoms with van der Waals surface area (Å²) in [5.41, 5.74) is 5.61. The second kappa shape index (κ2) is 7.20. The van der Waals surface area contributed by atoms with Gasteiger partial charge >= 0.3 is 0 Å². The topological polar surface area (TPSA) is 49.9 Å². The summed E-state index contributed by atoms with van der Waals surface area (Å²) in [4.78, 5) is 3.39. The van der Waals surface area contributed by atoms with E-state index in [9.17, 15) is 8.42 Å². The van der Waals surface area contributed by atoms with Crippen LogP contribution in [0.5, 0.6) is 0 Å². The predicted octanol–water partition coefficient (Wildman–Crippen LogP) is 5.87. The maximum Gasteiger partial charge on any atom is 0.157 e. The summed E-state index contributed by atoms with van der Waals surface area (Å²) in [5, 5.41) is 0.771. The van der Waals surface area contributed by atoms with Crippen LogP contribution in [-0.4, -0.2) is 19.2 Å². The van der Waals surface area contributed by atoms with Gasteiger partial charge in [0.05, 0.1) is 11.0 Å². The highest BCUT2D eigenvalue weighted by atomic mass is 32.2. The summed E-state index contributed by atoms with van der Waals surface area (Å²) < 4.78 is 25.6. The summed E-state index contributed by atoms with van der Waals surface area (Å²) in [6.45, 7) is 0. The van der Waals surface area contributed by atoms with Crippen LogP contribution in [0.25, 0.3) is 22.0 Å². The number of H-pyrrole nitrogens is 1. The molecule has 0 radical (unpaired) electrons. The molecule has 146 valence electrons. The molecule has 1 saturated heterocycles. The molecule has 1 aliphatic heterocycles. The van der Waals surface area contributed by atoms with Crippen LogP contribution in [-0.2, 0) is 9.84 Å². The maximum absolute atomic E-state index is 12.8. The van der Waals surface area contributed by atoms with Gasteiger partial charge in [-0.1, -0.05) is 66.7 Å². The fraction of sp³-hybridized carbons (Fsp3) is 0.200. The Morgan fingerprint density at radius 2 is 1.55 bits per heavy atom. The number of aromatic nitrogens is 1. The van der Waals surface area contributed by atoms with Gasteiger partial charge in [-0.05, 0) is 53.1 Å². The normalized spacial score (nSPS) is 21.2. The largest absolute Gasteiger partial charge is 0.361 e. The van der Waals surface area contributed by atoms with Crippen molar-refractivity contribution < 1.29 is 8.42 Å². The third-order valence-electron chi connectivity index (χ3n) is 6.11. The molecule has 3 aromatic carbocycles. The zero-order chi connectivity index (χ0) is 19.8. The third kappa shape index (κ3) is 3.38. The summed E-state index contributed by atoms with van der Waals surface area (Å²) in [6.07, 6.45) is 3.38. The van der Waals surface area contributed by atoms with Crippen molar-refractivity contribution in [2.45, 2.75) is 24.0 Å². The van der Waals surface area contributed by atoms with Crippen molar-refractivity contribution in [3.8, 4) is 11.1 Å². The van der Waals surface area contributed by atoms with Crippen molar-refractivity contribution in [2.24, 2.45) is 0 Å². The fourth-order valence-electron chi connectivity index (χ4n) is 4.56. The fourth-order valence-corrected chi connectivity index (χ4v) is 6.55.